The van der Waals surface area contributed by atoms with E-state index in [-0.39, 0.29) is 0 Å². The Morgan fingerprint density at radius 3 is 2.30 bits per heavy atom. The Hall–Kier alpha value is -2.57. The van der Waals surface area contributed by atoms with E-state index < -0.39 is 12.0 Å². The van der Waals surface area contributed by atoms with Gasteiger partial charge in [-0.2, -0.15) is 0 Å². The van der Waals surface area contributed by atoms with Crippen LogP contribution in [0.15, 0.2) is 59.8 Å². The lowest BCUT2D eigenvalue weighted by atomic mass is 9.95. The first kappa shape index (κ1) is 19.2. The van der Waals surface area contributed by atoms with E-state index >= 15 is 0 Å². The van der Waals surface area contributed by atoms with Gasteiger partial charge in [0.15, 0.2) is 5.11 Å². The second-order valence-corrected chi connectivity index (χ2v) is 6.78. The maximum Gasteiger partial charge on any atom is 0.337 e. The fourth-order valence-electron chi connectivity index (χ4n) is 3.06. The van der Waals surface area contributed by atoms with E-state index in [2.05, 4.69) is 5.32 Å². The number of hydrogen-bond donors (Lipinski definition) is 1. The van der Waals surface area contributed by atoms with Gasteiger partial charge in [-0.1, -0.05) is 23.7 Å². The van der Waals surface area contributed by atoms with Crippen LogP contribution in [0.4, 0.5) is 5.69 Å². The van der Waals surface area contributed by atoms with E-state index in [1.165, 1.54) is 7.11 Å². The van der Waals surface area contributed by atoms with Crippen LogP contribution in [0, 0.1) is 0 Å². The van der Waals surface area contributed by atoms with Gasteiger partial charge in [0.1, 0.15) is 5.75 Å². The van der Waals surface area contributed by atoms with Crippen LogP contribution in [-0.2, 0) is 9.53 Å². The van der Waals surface area contributed by atoms with E-state index in [0.29, 0.717) is 21.4 Å². The number of carbonyl (C=O) groups is 1. The van der Waals surface area contributed by atoms with Crippen LogP contribution in [0.5, 0.6) is 5.75 Å². The summed E-state index contributed by atoms with van der Waals surface area (Å²) in [6.07, 6.45) is 0. The number of halogens is 1. The SMILES string of the molecule is COC(=O)C1=C(C)N(c2ccc(OC)cc2)C(=S)N[C@@H]1c1ccc(Cl)cc1. The fraction of sp³-hybridized carbons (Fsp3) is 0.200. The zero-order valence-electron chi connectivity index (χ0n) is 15.2. The molecule has 0 unspecified atom stereocenters. The second kappa shape index (κ2) is 7.98. The minimum absolute atomic E-state index is 0.416. The van der Waals surface area contributed by atoms with Crippen molar-refractivity contribution in [2.24, 2.45) is 0 Å². The van der Waals surface area contributed by atoms with Crippen molar-refractivity contribution in [1.82, 2.24) is 5.32 Å². The quantitative estimate of drug-likeness (QED) is 0.610. The Morgan fingerprint density at radius 1 is 1.11 bits per heavy atom. The Morgan fingerprint density at radius 2 is 1.74 bits per heavy atom. The lowest BCUT2D eigenvalue weighted by Crippen LogP contribution is -2.48. The number of allylic oxidation sites excluding steroid dienone is 1. The third-order valence-corrected chi connectivity index (χ3v) is 4.98. The maximum absolute atomic E-state index is 12.6. The average molecular weight is 403 g/mol. The van der Waals surface area contributed by atoms with Crippen molar-refractivity contribution in [3.05, 3.63) is 70.4 Å². The molecule has 0 saturated heterocycles. The van der Waals surface area contributed by atoms with Crippen LogP contribution in [0.1, 0.15) is 18.5 Å². The summed E-state index contributed by atoms with van der Waals surface area (Å²) in [7, 11) is 2.98. The summed E-state index contributed by atoms with van der Waals surface area (Å²) < 4.78 is 10.2. The normalized spacial score (nSPS) is 16.8. The predicted octanol–water partition coefficient (Wildman–Crippen LogP) is 4.23. The van der Waals surface area contributed by atoms with Gasteiger partial charge in [0.05, 0.1) is 25.8 Å². The fourth-order valence-corrected chi connectivity index (χ4v) is 3.55. The third kappa shape index (κ3) is 3.77. The Labute approximate surface area is 168 Å². The summed E-state index contributed by atoms with van der Waals surface area (Å²) in [4.78, 5) is 14.4. The number of thiocarbonyl (C=S) groups is 1. The highest BCUT2D eigenvalue weighted by Crippen LogP contribution is 2.35. The average Bonchev–Trinajstić information content (AvgIpc) is 2.68. The number of ether oxygens (including phenoxy) is 2. The Kier molecular flexibility index (Phi) is 5.68. The molecular weight excluding hydrogens is 384 g/mol. The van der Waals surface area contributed by atoms with Gasteiger partial charge in [-0.3, -0.25) is 4.90 Å². The highest BCUT2D eigenvalue weighted by atomic mass is 35.5. The zero-order chi connectivity index (χ0) is 19.6. The lowest BCUT2D eigenvalue weighted by Gasteiger charge is -2.37. The van der Waals surface area contributed by atoms with Crippen LogP contribution in [-0.4, -0.2) is 25.3 Å². The summed E-state index contributed by atoms with van der Waals surface area (Å²) in [5.74, 6) is 0.324. The van der Waals surface area contributed by atoms with Crippen molar-refractivity contribution in [1.29, 1.82) is 0 Å². The number of esters is 1. The first-order chi connectivity index (χ1) is 13.0. The molecule has 2 aromatic rings. The minimum Gasteiger partial charge on any atom is -0.497 e. The van der Waals surface area contributed by atoms with Crippen LogP contribution < -0.4 is 15.0 Å². The lowest BCUT2D eigenvalue weighted by molar-refractivity contribution is -0.136. The van der Waals surface area contributed by atoms with E-state index in [0.717, 1.165) is 17.0 Å². The molecule has 0 spiro atoms. The summed E-state index contributed by atoms with van der Waals surface area (Å²) in [6, 6.07) is 14.3. The van der Waals surface area contributed by atoms with Gasteiger partial charge in [0.2, 0.25) is 0 Å². The van der Waals surface area contributed by atoms with Gasteiger partial charge < -0.3 is 14.8 Å². The molecule has 1 aliphatic rings. The predicted molar refractivity (Wildman–Crippen MR) is 110 cm³/mol. The molecule has 1 atom stereocenters. The van der Waals surface area contributed by atoms with Gasteiger partial charge in [0, 0.05) is 16.4 Å². The smallest absolute Gasteiger partial charge is 0.337 e. The largest absolute Gasteiger partial charge is 0.497 e. The molecule has 1 N–H and O–H groups in total. The number of methoxy groups -OCH3 is 2. The van der Waals surface area contributed by atoms with Crippen molar-refractivity contribution >= 4 is 40.6 Å². The van der Waals surface area contributed by atoms with Gasteiger partial charge in [-0.25, -0.2) is 4.79 Å². The number of rotatable bonds is 4. The molecule has 1 aliphatic heterocycles. The van der Waals surface area contributed by atoms with Crippen molar-refractivity contribution < 1.29 is 14.3 Å². The second-order valence-electron chi connectivity index (χ2n) is 5.96. The van der Waals surface area contributed by atoms with Crippen molar-refractivity contribution in [2.75, 3.05) is 19.1 Å². The van der Waals surface area contributed by atoms with E-state index in [4.69, 9.17) is 33.3 Å². The summed E-state index contributed by atoms with van der Waals surface area (Å²) in [5, 5.41) is 4.36. The Bertz CT molecular complexity index is 894. The van der Waals surface area contributed by atoms with Crippen LogP contribution in [0.3, 0.4) is 0 Å². The van der Waals surface area contributed by atoms with Gasteiger partial charge >= 0.3 is 5.97 Å². The molecule has 0 amide bonds. The third-order valence-electron chi connectivity index (χ3n) is 4.42. The number of carbonyl (C=O) groups excluding carboxylic acids is 1. The Balaban J connectivity index is 2.09. The molecule has 0 saturated carbocycles. The van der Waals surface area contributed by atoms with Gasteiger partial charge in [0.25, 0.3) is 0 Å². The molecule has 3 rings (SSSR count). The maximum atomic E-state index is 12.6. The topological polar surface area (TPSA) is 50.8 Å². The standard InChI is InChI=1S/C20H19ClN2O3S/c1-12-17(19(24)26-3)18(13-4-6-14(21)7-5-13)22-20(27)23(12)15-8-10-16(25-2)11-9-15/h4-11,18H,1-3H3,(H,22,27)/t18-/m1/s1. The van der Waals surface area contributed by atoms with Crippen molar-refractivity contribution in [2.45, 2.75) is 13.0 Å². The molecule has 0 aromatic heterocycles. The molecule has 1 heterocycles. The number of hydrogen-bond acceptors (Lipinski definition) is 4. The molecule has 5 nitrogen and oxygen atoms in total. The van der Waals surface area contributed by atoms with Crippen molar-refractivity contribution in [3.63, 3.8) is 0 Å². The highest BCUT2D eigenvalue weighted by molar-refractivity contribution is 7.80. The number of benzene rings is 2. The summed E-state index contributed by atoms with van der Waals surface area (Å²) >= 11 is 11.6. The van der Waals surface area contributed by atoms with Gasteiger partial charge in [-0.05, 0) is 61.1 Å². The summed E-state index contributed by atoms with van der Waals surface area (Å²) in [6.45, 7) is 1.85. The highest BCUT2D eigenvalue weighted by Gasteiger charge is 2.35. The van der Waals surface area contributed by atoms with Crippen molar-refractivity contribution in [3.8, 4) is 5.75 Å². The van der Waals surface area contributed by atoms with E-state index in [1.807, 2.05) is 48.2 Å². The first-order valence-electron chi connectivity index (χ1n) is 8.25. The summed E-state index contributed by atoms with van der Waals surface area (Å²) in [5.41, 5.74) is 2.89. The van der Waals surface area contributed by atoms with Gasteiger partial charge in [-0.15, -0.1) is 0 Å². The molecule has 0 aliphatic carbocycles. The molecule has 140 valence electrons. The first-order valence-corrected chi connectivity index (χ1v) is 9.04. The number of anilines is 1. The number of nitrogens with one attached hydrogen (secondary N) is 1. The zero-order valence-corrected chi connectivity index (χ0v) is 16.7. The minimum atomic E-state index is -0.420. The molecule has 27 heavy (non-hydrogen) atoms. The molecule has 2 aromatic carbocycles. The molecular formula is C20H19ClN2O3S. The van der Waals surface area contributed by atoms with Crippen LogP contribution >= 0.6 is 23.8 Å². The van der Waals surface area contributed by atoms with E-state index in [1.54, 1.807) is 19.2 Å². The van der Waals surface area contributed by atoms with Crippen LogP contribution in [0.2, 0.25) is 5.02 Å². The monoisotopic (exact) mass is 402 g/mol. The molecule has 7 heteroatoms. The number of nitrogens with zero attached hydrogens (tertiary/aromatic N) is 1. The van der Waals surface area contributed by atoms with Crippen LogP contribution in [0.25, 0.3) is 0 Å². The molecule has 0 fully saturated rings. The molecule has 0 radical (unpaired) electrons. The van der Waals surface area contributed by atoms with E-state index in [9.17, 15) is 4.79 Å². The molecule has 0 bridgehead atoms.